The first-order valence-electron chi connectivity index (χ1n) is 5.35. The summed E-state index contributed by atoms with van der Waals surface area (Å²) in [6.07, 6.45) is 0. The molecule has 0 aliphatic rings. The van der Waals surface area contributed by atoms with Gasteiger partial charge in [0.1, 0.15) is 5.82 Å². The number of pyridine rings is 1. The number of anilines is 1. The van der Waals surface area contributed by atoms with Gasteiger partial charge in [-0.15, -0.1) is 0 Å². The van der Waals surface area contributed by atoms with Gasteiger partial charge in [-0.2, -0.15) is 4.39 Å². The van der Waals surface area contributed by atoms with Gasteiger partial charge in [0.25, 0.3) is 0 Å². The molecule has 15 heavy (non-hydrogen) atoms. The first-order chi connectivity index (χ1) is 7.26. The van der Waals surface area contributed by atoms with Crippen molar-refractivity contribution in [1.82, 2.24) is 9.88 Å². The van der Waals surface area contributed by atoms with Crippen molar-refractivity contribution in [3.8, 4) is 0 Å². The summed E-state index contributed by atoms with van der Waals surface area (Å²) in [7, 11) is 0. The Morgan fingerprint density at radius 1 is 1.33 bits per heavy atom. The lowest BCUT2D eigenvalue weighted by Crippen LogP contribution is -2.28. The second kappa shape index (κ2) is 6.35. The van der Waals surface area contributed by atoms with E-state index in [2.05, 4.69) is 29.0 Å². The van der Waals surface area contributed by atoms with Crippen LogP contribution in [0.3, 0.4) is 0 Å². The summed E-state index contributed by atoms with van der Waals surface area (Å²) in [5.41, 5.74) is 0. The van der Waals surface area contributed by atoms with Gasteiger partial charge in [0.15, 0.2) is 0 Å². The Morgan fingerprint density at radius 2 is 2.07 bits per heavy atom. The Balaban J connectivity index is 2.31. The second-order valence-corrected chi connectivity index (χ2v) is 3.30. The Kier molecular flexibility index (Phi) is 5.04. The smallest absolute Gasteiger partial charge is 0.214 e. The van der Waals surface area contributed by atoms with E-state index in [1.165, 1.54) is 6.07 Å². The molecule has 1 aromatic heterocycles. The van der Waals surface area contributed by atoms with Crippen LogP contribution in [0.15, 0.2) is 18.2 Å². The minimum absolute atomic E-state index is 0.442. The number of rotatable bonds is 6. The van der Waals surface area contributed by atoms with E-state index in [9.17, 15) is 4.39 Å². The lowest BCUT2D eigenvalue weighted by Gasteiger charge is -2.18. The molecule has 1 N–H and O–H groups in total. The van der Waals surface area contributed by atoms with Crippen LogP contribution in [0, 0.1) is 5.95 Å². The highest BCUT2D eigenvalue weighted by Gasteiger charge is 1.99. The molecular formula is C11H18FN3. The third-order valence-electron chi connectivity index (χ3n) is 2.34. The molecule has 0 saturated carbocycles. The lowest BCUT2D eigenvalue weighted by molar-refractivity contribution is 0.316. The zero-order valence-corrected chi connectivity index (χ0v) is 9.33. The fourth-order valence-electron chi connectivity index (χ4n) is 1.39. The van der Waals surface area contributed by atoms with Crippen molar-refractivity contribution in [2.45, 2.75) is 13.8 Å². The monoisotopic (exact) mass is 211 g/mol. The van der Waals surface area contributed by atoms with Crippen LogP contribution in [0.4, 0.5) is 10.2 Å². The van der Waals surface area contributed by atoms with Crippen LogP contribution in [0.2, 0.25) is 0 Å². The maximum absolute atomic E-state index is 12.7. The van der Waals surface area contributed by atoms with Gasteiger partial charge in [0, 0.05) is 13.1 Å². The Hall–Kier alpha value is -1.16. The Bertz CT molecular complexity index is 287. The van der Waals surface area contributed by atoms with Crippen molar-refractivity contribution >= 4 is 5.82 Å². The third-order valence-corrected chi connectivity index (χ3v) is 2.34. The van der Waals surface area contributed by atoms with Crippen LogP contribution in [-0.2, 0) is 0 Å². The summed E-state index contributed by atoms with van der Waals surface area (Å²) in [6.45, 7) is 8.07. The van der Waals surface area contributed by atoms with E-state index in [0.29, 0.717) is 5.82 Å². The Labute approximate surface area is 90.3 Å². The molecule has 1 heterocycles. The zero-order chi connectivity index (χ0) is 11.1. The van der Waals surface area contributed by atoms with Crippen LogP contribution in [0.5, 0.6) is 0 Å². The van der Waals surface area contributed by atoms with Crippen LogP contribution in [0.25, 0.3) is 0 Å². The van der Waals surface area contributed by atoms with Crippen LogP contribution < -0.4 is 5.32 Å². The number of hydrogen-bond acceptors (Lipinski definition) is 3. The predicted molar refractivity (Wildman–Crippen MR) is 60.5 cm³/mol. The van der Waals surface area contributed by atoms with Gasteiger partial charge in [-0.25, -0.2) is 4.98 Å². The summed E-state index contributed by atoms with van der Waals surface area (Å²) < 4.78 is 12.7. The van der Waals surface area contributed by atoms with Gasteiger partial charge in [-0.1, -0.05) is 19.9 Å². The molecule has 0 aromatic carbocycles. The first-order valence-corrected chi connectivity index (χ1v) is 5.35. The van der Waals surface area contributed by atoms with E-state index in [1.807, 2.05) is 0 Å². The molecule has 0 aliphatic carbocycles. The Morgan fingerprint density at radius 3 is 2.67 bits per heavy atom. The first kappa shape index (κ1) is 11.9. The molecule has 0 radical (unpaired) electrons. The molecule has 1 aromatic rings. The van der Waals surface area contributed by atoms with E-state index in [0.717, 1.165) is 26.2 Å². The number of likely N-dealkylation sites (N-methyl/N-ethyl adjacent to an activating group) is 1. The highest BCUT2D eigenvalue weighted by atomic mass is 19.1. The average Bonchev–Trinajstić information content (AvgIpc) is 2.25. The van der Waals surface area contributed by atoms with Gasteiger partial charge in [-0.05, 0) is 25.2 Å². The maximum Gasteiger partial charge on any atom is 0.214 e. The molecule has 0 bridgehead atoms. The quantitative estimate of drug-likeness (QED) is 0.729. The van der Waals surface area contributed by atoms with Crippen LogP contribution in [-0.4, -0.2) is 36.1 Å². The number of nitrogens with zero attached hydrogens (tertiary/aromatic N) is 2. The van der Waals surface area contributed by atoms with Gasteiger partial charge in [0.05, 0.1) is 0 Å². The van der Waals surface area contributed by atoms with E-state index in [1.54, 1.807) is 12.1 Å². The molecule has 0 aliphatic heterocycles. The molecule has 0 atom stereocenters. The van der Waals surface area contributed by atoms with Crippen molar-refractivity contribution in [2.24, 2.45) is 0 Å². The molecule has 3 nitrogen and oxygen atoms in total. The molecule has 84 valence electrons. The fourth-order valence-corrected chi connectivity index (χ4v) is 1.39. The topological polar surface area (TPSA) is 28.2 Å². The van der Waals surface area contributed by atoms with E-state index < -0.39 is 5.95 Å². The van der Waals surface area contributed by atoms with Crippen molar-refractivity contribution in [3.63, 3.8) is 0 Å². The van der Waals surface area contributed by atoms with E-state index >= 15 is 0 Å². The summed E-state index contributed by atoms with van der Waals surface area (Å²) in [4.78, 5) is 6.02. The maximum atomic E-state index is 12.7. The summed E-state index contributed by atoms with van der Waals surface area (Å²) in [5, 5.41) is 3.09. The molecule has 1 rings (SSSR count). The average molecular weight is 211 g/mol. The van der Waals surface area contributed by atoms with Gasteiger partial charge in [-0.3, -0.25) is 0 Å². The van der Waals surface area contributed by atoms with Crippen LogP contribution in [0.1, 0.15) is 13.8 Å². The fraction of sp³-hybridized carbons (Fsp3) is 0.545. The SMILES string of the molecule is CCN(CC)CCNc1cccc(F)n1. The van der Waals surface area contributed by atoms with E-state index in [4.69, 9.17) is 0 Å². The number of halogens is 1. The molecule has 4 heteroatoms. The third kappa shape index (κ3) is 4.25. The molecule has 0 unspecified atom stereocenters. The second-order valence-electron chi connectivity index (χ2n) is 3.30. The van der Waals surface area contributed by atoms with Gasteiger partial charge in [0.2, 0.25) is 5.95 Å². The van der Waals surface area contributed by atoms with Crippen molar-refractivity contribution < 1.29 is 4.39 Å². The summed E-state index contributed by atoms with van der Waals surface area (Å²) in [6, 6.07) is 4.77. The summed E-state index contributed by atoms with van der Waals surface area (Å²) in [5.74, 6) is 0.157. The summed E-state index contributed by atoms with van der Waals surface area (Å²) >= 11 is 0. The number of hydrogen-bond donors (Lipinski definition) is 1. The predicted octanol–water partition coefficient (Wildman–Crippen LogP) is 1.97. The van der Waals surface area contributed by atoms with Gasteiger partial charge < -0.3 is 10.2 Å². The molecule has 0 fully saturated rings. The minimum atomic E-state index is -0.442. The van der Waals surface area contributed by atoms with Crippen LogP contribution >= 0.6 is 0 Å². The zero-order valence-electron chi connectivity index (χ0n) is 9.33. The lowest BCUT2D eigenvalue weighted by atomic mass is 10.4. The molecule has 0 spiro atoms. The highest BCUT2D eigenvalue weighted by molar-refractivity contribution is 5.33. The van der Waals surface area contributed by atoms with Crippen molar-refractivity contribution in [2.75, 3.05) is 31.5 Å². The number of nitrogens with one attached hydrogen (secondary N) is 1. The molecular weight excluding hydrogens is 193 g/mol. The highest BCUT2D eigenvalue weighted by Crippen LogP contribution is 2.02. The molecule has 0 saturated heterocycles. The molecule has 0 amide bonds. The minimum Gasteiger partial charge on any atom is -0.369 e. The number of aromatic nitrogens is 1. The van der Waals surface area contributed by atoms with Crippen molar-refractivity contribution in [3.05, 3.63) is 24.1 Å². The van der Waals surface area contributed by atoms with Gasteiger partial charge >= 0.3 is 0 Å². The van der Waals surface area contributed by atoms with Crippen molar-refractivity contribution in [1.29, 1.82) is 0 Å². The van der Waals surface area contributed by atoms with E-state index in [-0.39, 0.29) is 0 Å². The standard InChI is InChI=1S/C11H18FN3/c1-3-15(4-2)9-8-13-11-7-5-6-10(12)14-11/h5-7H,3-4,8-9H2,1-2H3,(H,13,14). The largest absolute Gasteiger partial charge is 0.369 e. The normalized spacial score (nSPS) is 10.7.